The first-order valence-corrected chi connectivity index (χ1v) is 10.1. The fraction of sp³-hybridized carbons (Fsp3) is 0.250. The van der Waals surface area contributed by atoms with Crippen molar-refractivity contribution < 1.29 is 19.1 Å². The summed E-state index contributed by atoms with van der Waals surface area (Å²) in [6, 6.07) is 12.1. The number of amides is 1. The van der Waals surface area contributed by atoms with Crippen molar-refractivity contribution in [2.24, 2.45) is 0 Å². The minimum absolute atomic E-state index is 0.0722. The molecular weight excluding hydrogens is 410 g/mol. The molecule has 164 valence electrons. The molecule has 0 spiro atoms. The van der Waals surface area contributed by atoms with Crippen LogP contribution < -0.4 is 20.1 Å². The van der Waals surface area contributed by atoms with Crippen molar-refractivity contribution in [3.63, 3.8) is 0 Å². The number of nitrogens with zero attached hydrogens (tertiary/aromatic N) is 3. The number of ether oxygens (including phenoxy) is 2. The van der Waals surface area contributed by atoms with Gasteiger partial charge in [-0.3, -0.25) is 19.1 Å². The van der Waals surface area contributed by atoms with E-state index in [2.05, 4.69) is 4.98 Å². The second kappa shape index (κ2) is 8.30. The summed E-state index contributed by atoms with van der Waals surface area (Å²) in [6.07, 6.45) is 0.645. The summed E-state index contributed by atoms with van der Waals surface area (Å²) < 4.78 is 12.4. The summed E-state index contributed by atoms with van der Waals surface area (Å²) in [6.45, 7) is 3.35. The molecule has 1 aromatic heterocycles. The van der Waals surface area contributed by atoms with E-state index in [9.17, 15) is 14.4 Å². The number of carbonyl (C=O) groups excluding carboxylic acids is 2. The lowest BCUT2D eigenvalue weighted by atomic mass is 9.96. The topological polar surface area (TPSA) is 90.7 Å². The van der Waals surface area contributed by atoms with Crippen molar-refractivity contribution in [2.75, 3.05) is 19.1 Å². The van der Waals surface area contributed by atoms with Crippen LogP contribution in [0.4, 0.5) is 11.5 Å². The molecule has 32 heavy (non-hydrogen) atoms. The van der Waals surface area contributed by atoms with Crippen LogP contribution in [0.25, 0.3) is 11.3 Å². The number of rotatable bonds is 5. The molecular formula is C24H23N3O5. The Morgan fingerprint density at radius 2 is 1.66 bits per heavy atom. The van der Waals surface area contributed by atoms with E-state index in [-0.39, 0.29) is 17.5 Å². The average molecular weight is 433 g/mol. The number of hydrogen-bond donors (Lipinski definition) is 0. The van der Waals surface area contributed by atoms with E-state index in [1.54, 1.807) is 49.1 Å². The van der Waals surface area contributed by atoms with E-state index in [0.29, 0.717) is 41.4 Å². The molecule has 0 atom stereocenters. The largest absolute Gasteiger partial charge is 0.493 e. The lowest BCUT2D eigenvalue weighted by molar-refractivity contribution is -0.115. The molecule has 8 heteroatoms. The first-order valence-electron chi connectivity index (χ1n) is 10.1. The summed E-state index contributed by atoms with van der Waals surface area (Å²) >= 11 is 0. The third-order valence-electron chi connectivity index (χ3n) is 5.56. The summed E-state index contributed by atoms with van der Waals surface area (Å²) in [7, 11) is 3.13. The van der Waals surface area contributed by atoms with Gasteiger partial charge in [0.05, 0.1) is 25.6 Å². The number of aryl methyl sites for hydroxylation is 1. The van der Waals surface area contributed by atoms with Crippen molar-refractivity contribution >= 4 is 23.2 Å². The highest BCUT2D eigenvalue weighted by Crippen LogP contribution is 2.39. The van der Waals surface area contributed by atoms with Crippen LogP contribution in [-0.2, 0) is 17.8 Å². The fourth-order valence-electron chi connectivity index (χ4n) is 3.97. The van der Waals surface area contributed by atoms with Crippen LogP contribution >= 0.6 is 0 Å². The standard InChI is InChI=1S/C24H23N3O5/c1-14(28)16-5-7-18(8-6-16)27(15(2)29)23-13-20-19-12-22(32-4)21(31-3)11-17(19)9-10-26(20)24(30)25-23/h5-8,11-13H,9-10H2,1-4H3. The van der Waals surface area contributed by atoms with Crippen molar-refractivity contribution in [3.8, 4) is 22.8 Å². The predicted octanol–water partition coefficient (Wildman–Crippen LogP) is 3.37. The number of benzene rings is 2. The zero-order chi connectivity index (χ0) is 23.0. The average Bonchev–Trinajstić information content (AvgIpc) is 2.78. The van der Waals surface area contributed by atoms with Gasteiger partial charge in [-0.25, -0.2) is 4.79 Å². The molecule has 1 aliphatic heterocycles. The van der Waals surface area contributed by atoms with Crippen molar-refractivity contribution in [2.45, 2.75) is 26.8 Å². The highest BCUT2D eigenvalue weighted by molar-refractivity contribution is 6.00. The molecule has 4 rings (SSSR count). The van der Waals surface area contributed by atoms with Gasteiger partial charge in [0, 0.05) is 30.7 Å². The van der Waals surface area contributed by atoms with Crippen LogP contribution in [0.15, 0.2) is 47.3 Å². The van der Waals surface area contributed by atoms with E-state index in [0.717, 1.165) is 11.1 Å². The number of fused-ring (bicyclic) bond motifs is 3. The van der Waals surface area contributed by atoms with Crippen LogP contribution in [0.2, 0.25) is 0 Å². The molecule has 0 bridgehead atoms. The monoisotopic (exact) mass is 433 g/mol. The maximum absolute atomic E-state index is 12.9. The van der Waals surface area contributed by atoms with Crippen LogP contribution in [0.5, 0.6) is 11.5 Å². The lowest BCUT2D eigenvalue weighted by Gasteiger charge is -2.26. The summed E-state index contributed by atoms with van der Waals surface area (Å²) in [5.74, 6) is 1.01. The first kappa shape index (κ1) is 21.3. The van der Waals surface area contributed by atoms with Crippen LogP contribution in [0.1, 0.15) is 29.8 Å². The van der Waals surface area contributed by atoms with Gasteiger partial charge in [-0.15, -0.1) is 0 Å². The Morgan fingerprint density at radius 3 is 2.25 bits per heavy atom. The van der Waals surface area contributed by atoms with Gasteiger partial charge in [-0.2, -0.15) is 4.98 Å². The van der Waals surface area contributed by atoms with E-state index in [1.165, 1.54) is 18.7 Å². The molecule has 1 aliphatic rings. The Balaban J connectivity index is 1.87. The maximum Gasteiger partial charge on any atom is 0.350 e. The smallest absolute Gasteiger partial charge is 0.350 e. The molecule has 3 aromatic rings. The predicted molar refractivity (Wildman–Crippen MR) is 120 cm³/mol. The van der Waals surface area contributed by atoms with Gasteiger partial charge < -0.3 is 9.47 Å². The highest BCUT2D eigenvalue weighted by atomic mass is 16.5. The SMILES string of the molecule is COc1cc2c(cc1OC)-c1cc(N(C(C)=O)c3ccc(C(C)=O)cc3)nc(=O)n1CC2. The molecule has 1 amide bonds. The number of ketones is 1. The minimum atomic E-state index is -0.440. The molecule has 0 saturated heterocycles. The zero-order valence-corrected chi connectivity index (χ0v) is 18.3. The molecule has 0 radical (unpaired) electrons. The number of carbonyl (C=O) groups is 2. The van der Waals surface area contributed by atoms with Crippen LogP contribution in [0, 0.1) is 0 Å². The second-order valence-electron chi connectivity index (χ2n) is 7.51. The highest BCUT2D eigenvalue weighted by Gasteiger charge is 2.24. The van der Waals surface area contributed by atoms with Gasteiger partial charge in [0.15, 0.2) is 17.3 Å². The van der Waals surface area contributed by atoms with Gasteiger partial charge in [0.1, 0.15) is 5.82 Å². The third-order valence-corrected chi connectivity index (χ3v) is 5.56. The molecule has 0 unspecified atom stereocenters. The zero-order valence-electron chi connectivity index (χ0n) is 18.3. The number of methoxy groups -OCH3 is 2. The molecule has 0 aliphatic carbocycles. The van der Waals surface area contributed by atoms with Gasteiger partial charge in [0.25, 0.3) is 0 Å². The molecule has 8 nitrogen and oxygen atoms in total. The van der Waals surface area contributed by atoms with E-state index in [1.807, 2.05) is 12.1 Å². The third kappa shape index (κ3) is 3.64. The number of anilines is 2. The maximum atomic E-state index is 12.9. The molecule has 0 saturated carbocycles. The van der Waals surface area contributed by atoms with Gasteiger partial charge >= 0.3 is 5.69 Å². The van der Waals surface area contributed by atoms with Gasteiger partial charge in [-0.05, 0) is 55.3 Å². The van der Waals surface area contributed by atoms with Gasteiger partial charge in [-0.1, -0.05) is 0 Å². The Labute approximate surface area is 185 Å². The quantitative estimate of drug-likeness (QED) is 0.573. The Bertz CT molecular complexity index is 1280. The summed E-state index contributed by atoms with van der Waals surface area (Å²) in [5.41, 5.74) is 3.09. The lowest BCUT2D eigenvalue weighted by Crippen LogP contribution is -2.32. The normalized spacial score (nSPS) is 11.9. The molecule has 2 heterocycles. The van der Waals surface area contributed by atoms with Gasteiger partial charge in [0.2, 0.25) is 5.91 Å². The van der Waals surface area contributed by atoms with E-state index in [4.69, 9.17) is 9.47 Å². The molecule has 2 aromatic carbocycles. The Hall–Kier alpha value is -3.94. The van der Waals surface area contributed by atoms with Crippen molar-refractivity contribution in [3.05, 3.63) is 64.1 Å². The Kier molecular flexibility index (Phi) is 5.52. The minimum Gasteiger partial charge on any atom is -0.493 e. The van der Waals surface area contributed by atoms with E-state index < -0.39 is 5.69 Å². The molecule has 0 fully saturated rings. The first-order chi connectivity index (χ1) is 15.3. The van der Waals surface area contributed by atoms with Crippen molar-refractivity contribution in [1.82, 2.24) is 9.55 Å². The van der Waals surface area contributed by atoms with Crippen LogP contribution in [-0.4, -0.2) is 35.5 Å². The van der Waals surface area contributed by atoms with Crippen LogP contribution in [0.3, 0.4) is 0 Å². The fourth-order valence-corrected chi connectivity index (χ4v) is 3.97. The summed E-state index contributed by atoms with van der Waals surface area (Å²) in [5, 5.41) is 0. The summed E-state index contributed by atoms with van der Waals surface area (Å²) in [4.78, 5) is 42.6. The Morgan fingerprint density at radius 1 is 1.00 bits per heavy atom. The number of aromatic nitrogens is 2. The number of hydrogen-bond acceptors (Lipinski definition) is 6. The van der Waals surface area contributed by atoms with Crippen molar-refractivity contribution in [1.29, 1.82) is 0 Å². The second-order valence-corrected chi connectivity index (χ2v) is 7.51. The number of Topliss-reactive ketones (excluding diaryl/α,β-unsaturated/α-hetero) is 1. The van der Waals surface area contributed by atoms with E-state index >= 15 is 0 Å². The molecule has 0 N–H and O–H groups in total.